The Morgan fingerprint density at radius 2 is 1.89 bits per heavy atom. The normalized spacial score (nSPS) is 17.5. The van der Waals surface area contributed by atoms with Crippen molar-refractivity contribution in [3.8, 4) is 0 Å². The van der Waals surface area contributed by atoms with E-state index in [1.54, 1.807) is 7.05 Å². The van der Waals surface area contributed by atoms with Gasteiger partial charge in [-0.05, 0) is 37.4 Å². The largest absolute Gasteiger partial charge is 0.480 e. The molecule has 1 aromatic rings. The molecule has 1 aliphatic heterocycles. The minimum atomic E-state index is -0.763. The van der Waals surface area contributed by atoms with Gasteiger partial charge in [0.05, 0.1) is 0 Å². The maximum atomic E-state index is 11.0. The van der Waals surface area contributed by atoms with Gasteiger partial charge in [0.15, 0.2) is 0 Å². The van der Waals surface area contributed by atoms with E-state index in [9.17, 15) is 4.79 Å². The van der Waals surface area contributed by atoms with Crippen LogP contribution in [0.15, 0.2) is 24.3 Å². The summed E-state index contributed by atoms with van der Waals surface area (Å²) in [5.74, 6) is -0.763. The Morgan fingerprint density at radius 3 is 2.37 bits per heavy atom. The molecule has 0 bridgehead atoms. The Bertz CT molecular complexity index is 407. The summed E-state index contributed by atoms with van der Waals surface area (Å²) in [5.41, 5.74) is 2.88. The summed E-state index contributed by atoms with van der Waals surface area (Å²) >= 11 is 0. The highest BCUT2D eigenvalue weighted by Crippen LogP contribution is 2.15. The van der Waals surface area contributed by atoms with Crippen molar-refractivity contribution in [1.29, 1.82) is 0 Å². The Balaban J connectivity index is 1.86. The van der Waals surface area contributed by atoms with E-state index < -0.39 is 12.0 Å². The monoisotopic (exact) mass is 262 g/mol. The van der Waals surface area contributed by atoms with Gasteiger partial charge in [-0.3, -0.25) is 4.79 Å². The molecule has 4 nitrogen and oxygen atoms in total. The zero-order valence-electron chi connectivity index (χ0n) is 11.4. The van der Waals surface area contributed by atoms with Gasteiger partial charge in [-0.25, -0.2) is 0 Å². The topological polar surface area (TPSA) is 52.6 Å². The molecule has 2 N–H and O–H groups in total. The average molecular weight is 262 g/mol. The Labute approximate surface area is 114 Å². The van der Waals surface area contributed by atoms with Crippen LogP contribution in [0.25, 0.3) is 0 Å². The lowest BCUT2D eigenvalue weighted by Crippen LogP contribution is -2.38. The third-order valence-electron chi connectivity index (χ3n) is 3.89. The van der Waals surface area contributed by atoms with E-state index in [0.717, 1.165) is 32.5 Å². The number of aliphatic carboxylic acids is 1. The molecule has 0 saturated carbocycles. The second-order valence-corrected chi connectivity index (χ2v) is 5.08. The second kappa shape index (κ2) is 6.68. The highest BCUT2D eigenvalue weighted by molar-refractivity contribution is 5.73. The first-order valence-corrected chi connectivity index (χ1v) is 6.90. The van der Waals surface area contributed by atoms with Crippen molar-refractivity contribution in [3.05, 3.63) is 35.4 Å². The SMILES string of the molecule is CNC(CCN1CCc2ccccc2CC1)C(=O)O. The van der Waals surface area contributed by atoms with Crippen molar-refractivity contribution in [2.45, 2.75) is 25.3 Å². The summed E-state index contributed by atoms with van der Waals surface area (Å²) in [6.45, 7) is 2.88. The first-order valence-electron chi connectivity index (χ1n) is 6.90. The average Bonchev–Trinajstić information content (AvgIpc) is 2.62. The van der Waals surface area contributed by atoms with Crippen LogP contribution in [0.4, 0.5) is 0 Å². The van der Waals surface area contributed by atoms with Crippen LogP contribution in [-0.4, -0.2) is 48.7 Å². The number of nitrogens with zero attached hydrogens (tertiary/aromatic N) is 1. The van der Waals surface area contributed by atoms with Gasteiger partial charge in [0, 0.05) is 19.6 Å². The van der Waals surface area contributed by atoms with Crippen molar-refractivity contribution in [3.63, 3.8) is 0 Å². The number of carbonyl (C=O) groups is 1. The fraction of sp³-hybridized carbons (Fsp3) is 0.533. The van der Waals surface area contributed by atoms with Gasteiger partial charge in [0.25, 0.3) is 0 Å². The molecular weight excluding hydrogens is 240 g/mol. The molecule has 1 unspecified atom stereocenters. The summed E-state index contributed by atoms with van der Waals surface area (Å²) in [6.07, 6.45) is 2.78. The second-order valence-electron chi connectivity index (χ2n) is 5.08. The molecule has 0 aromatic heterocycles. The molecule has 19 heavy (non-hydrogen) atoms. The number of nitrogens with one attached hydrogen (secondary N) is 1. The molecule has 0 spiro atoms. The third-order valence-corrected chi connectivity index (χ3v) is 3.89. The first kappa shape index (κ1) is 14.0. The van der Waals surface area contributed by atoms with E-state index in [-0.39, 0.29) is 0 Å². The summed E-state index contributed by atoms with van der Waals surface area (Å²) in [4.78, 5) is 13.3. The molecular formula is C15H22N2O2. The number of carboxylic acid groups (broad SMARTS) is 1. The third kappa shape index (κ3) is 3.78. The molecule has 0 fully saturated rings. The van der Waals surface area contributed by atoms with Crippen molar-refractivity contribution in [1.82, 2.24) is 10.2 Å². The maximum absolute atomic E-state index is 11.0. The summed E-state index contributed by atoms with van der Waals surface area (Å²) in [7, 11) is 1.71. The van der Waals surface area contributed by atoms with Crippen molar-refractivity contribution >= 4 is 5.97 Å². The summed E-state index contributed by atoms with van der Waals surface area (Å²) in [5, 5.41) is 11.9. The van der Waals surface area contributed by atoms with Crippen LogP contribution < -0.4 is 5.32 Å². The number of carboxylic acids is 1. The number of hydrogen-bond donors (Lipinski definition) is 2. The van der Waals surface area contributed by atoms with Crippen LogP contribution in [0.2, 0.25) is 0 Å². The molecule has 2 rings (SSSR count). The molecule has 0 saturated heterocycles. The van der Waals surface area contributed by atoms with Gasteiger partial charge in [0.2, 0.25) is 0 Å². The van der Waals surface area contributed by atoms with E-state index >= 15 is 0 Å². The number of rotatable bonds is 5. The van der Waals surface area contributed by atoms with Crippen molar-refractivity contribution < 1.29 is 9.90 Å². The van der Waals surface area contributed by atoms with E-state index in [2.05, 4.69) is 34.5 Å². The number of hydrogen-bond acceptors (Lipinski definition) is 3. The van der Waals surface area contributed by atoms with Gasteiger partial charge in [0.1, 0.15) is 6.04 Å². The quantitative estimate of drug-likeness (QED) is 0.836. The van der Waals surface area contributed by atoms with Crippen LogP contribution in [-0.2, 0) is 17.6 Å². The van der Waals surface area contributed by atoms with Crippen molar-refractivity contribution in [2.24, 2.45) is 0 Å². The highest BCUT2D eigenvalue weighted by Gasteiger charge is 2.18. The van der Waals surface area contributed by atoms with Crippen LogP contribution in [0.3, 0.4) is 0 Å². The fourth-order valence-corrected chi connectivity index (χ4v) is 2.64. The smallest absolute Gasteiger partial charge is 0.320 e. The zero-order chi connectivity index (χ0) is 13.7. The standard InChI is InChI=1S/C15H22N2O2/c1-16-14(15(18)19)8-11-17-9-6-12-4-2-3-5-13(12)7-10-17/h2-5,14,16H,6-11H2,1H3,(H,18,19). The fourth-order valence-electron chi connectivity index (χ4n) is 2.64. The summed E-state index contributed by atoms with van der Waals surface area (Å²) < 4.78 is 0. The molecule has 4 heteroatoms. The summed E-state index contributed by atoms with van der Waals surface area (Å²) in [6, 6.07) is 8.15. The van der Waals surface area contributed by atoms with Gasteiger partial charge in [-0.15, -0.1) is 0 Å². The molecule has 1 aliphatic rings. The van der Waals surface area contributed by atoms with E-state index in [0.29, 0.717) is 6.42 Å². The van der Waals surface area contributed by atoms with Gasteiger partial charge in [-0.2, -0.15) is 0 Å². The van der Waals surface area contributed by atoms with Crippen LogP contribution in [0.5, 0.6) is 0 Å². The first-order chi connectivity index (χ1) is 9.20. The van der Waals surface area contributed by atoms with E-state index in [1.807, 2.05) is 0 Å². The lowest BCUT2D eigenvalue weighted by molar-refractivity contribution is -0.139. The minimum absolute atomic E-state index is 0.439. The molecule has 1 heterocycles. The van der Waals surface area contributed by atoms with E-state index in [1.165, 1.54) is 11.1 Å². The number of likely N-dealkylation sites (N-methyl/N-ethyl adjacent to an activating group) is 1. The van der Waals surface area contributed by atoms with Crippen molar-refractivity contribution in [2.75, 3.05) is 26.7 Å². The maximum Gasteiger partial charge on any atom is 0.320 e. The van der Waals surface area contributed by atoms with Crippen LogP contribution in [0, 0.1) is 0 Å². The number of benzene rings is 1. The lowest BCUT2D eigenvalue weighted by atomic mass is 10.0. The molecule has 0 radical (unpaired) electrons. The Kier molecular flexibility index (Phi) is 4.93. The predicted octanol–water partition coefficient (Wildman–Crippen LogP) is 1.15. The molecule has 1 aromatic carbocycles. The van der Waals surface area contributed by atoms with Gasteiger partial charge < -0.3 is 15.3 Å². The van der Waals surface area contributed by atoms with Crippen LogP contribution in [0.1, 0.15) is 17.5 Å². The Morgan fingerprint density at radius 1 is 1.32 bits per heavy atom. The van der Waals surface area contributed by atoms with E-state index in [4.69, 9.17) is 5.11 Å². The minimum Gasteiger partial charge on any atom is -0.480 e. The lowest BCUT2D eigenvalue weighted by Gasteiger charge is -2.21. The molecule has 0 amide bonds. The predicted molar refractivity (Wildman–Crippen MR) is 75.4 cm³/mol. The zero-order valence-corrected chi connectivity index (χ0v) is 11.4. The van der Waals surface area contributed by atoms with Gasteiger partial charge in [-0.1, -0.05) is 24.3 Å². The Hall–Kier alpha value is -1.39. The molecule has 104 valence electrons. The molecule has 0 aliphatic carbocycles. The van der Waals surface area contributed by atoms with Gasteiger partial charge >= 0.3 is 5.97 Å². The van der Waals surface area contributed by atoms with Crippen LogP contribution >= 0.6 is 0 Å². The number of fused-ring (bicyclic) bond motifs is 1. The molecule has 1 atom stereocenters. The highest BCUT2D eigenvalue weighted by atomic mass is 16.4.